The van der Waals surface area contributed by atoms with Crippen LogP contribution in [0.25, 0.3) is 11.3 Å². The van der Waals surface area contributed by atoms with Gasteiger partial charge in [0.05, 0.1) is 5.69 Å². The first-order valence-corrected chi connectivity index (χ1v) is 8.67. The number of benzene rings is 2. The van der Waals surface area contributed by atoms with E-state index in [9.17, 15) is 0 Å². The lowest BCUT2D eigenvalue weighted by Crippen LogP contribution is -2.14. The molecule has 4 nitrogen and oxygen atoms in total. The second-order valence-corrected chi connectivity index (χ2v) is 6.54. The Morgan fingerprint density at radius 1 is 0.960 bits per heavy atom. The van der Waals surface area contributed by atoms with Crippen molar-refractivity contribution in [2.45, 2.75) is 26.4 Å². The van der Waals surface area contributed by atoms with Crippen LogP contribution in [0.15, 0.2) is 60.7 Å². The van der Waals surface area contributed by atoms with Gasteiger partial charge in [-0.15, -0.1) is 0 Å². The molecule has 0 aliphatic rings. The molecule has 1 aromatic heterocycles. The van der Waals surface area contributed by atoms with Gasteiger partial charge in [-0.05, 0) is 31.5 Å². The van der Waals surface area contributed by atoms with Crippen molar-refractivity contribution in [3.63, 3.8) is 0 Å². The zero-order valence-corrected chi connectivity index (χ0v) is 15.1. The van der Waals surface area contributed by atoms with Gasteiger partial charge >= 0.3 is 0 Å². The number of nitrogens with zero attached hydrogens (tertiary/aromatic N) is 2. The van der Waals surface area contributed by atoms with Gasteiger partial charge in [-0.25, -0.2) is 4.98 Å². The van der Waals surface area contributed by atoms with Crippen LogP contribution < -0.4 is 10.6 Å². The molecule has 0 atom stereocenters. The van der Waals surface area contributed by atoms with Crippen LogP contribution in [0.1, 0.15) is 19.4 Å². The molecule has 0 aliphatic heterocycles. The fraction of sp³-hybridized carbons (Fsp3) is 0.200. The van der Waals surface area contributed by atoms with Gasteiger partial charge in [0.25, 0.3) is 0 Å². The van der Waals surface area contributed by atoms with Gasteiger partial charge in [-0.1, -0.05) is 54.1 Å². The number of hydrogen-bond donors (Lipinski definition) is 2. The molecule has 3 rings (SSSR count). The average molecular weight is 353 g/mol. The van der Waals surface area contributed by atoms with Crippen LogP contribution in [0.3, 0.4) is 0 Å². The summed E-state index contributed by atoms with van der Waals surface area (Å²) in [4.78, 5) is 9.20. The van der Waals surface area contributed by atoms with E-state index in [0.717, 1.165) is 27.7 Å². The highest BCUT2D eigenvalue weighted by Gasteiger charge is 2.08. The molecule has 1 heterocycles. The molecular formula is C20H21ClN4. The lowest BCUT2D eigenvalue weighted by atomic mass is 10.1. The minimum Gasteiger partial charge on any atom is -0.366 e. The van der Waals surface area contributed by atoms with Crippen LogP contribution in [-0.2, 0) is 6.54 Å². The Morgan fingerprint density at radius 3 is 2.36 bits per heavy atom. The lowest BCUT2D eigenvalue weighted by Gasteiger charge is -2.13. The summed E-state index contributed by atoms with van der Waals surface area (Å²) < 4.78 is 0. The first kappa shape index (κ1) is 17.2. The van der Waals surface area contributed by atoms with Gasteiger partial charge in [-0.3, -0.25) is 0 Å². The van der Waals surface area contributed by atoms with Crippen LogP contribution in [-0.4, -0.2) is 16.0 Å². The maximum atomic E-state index is 5.94. The second kappa shape index (κ2) is 7.99. The predicted octanol–water partition coefficient (Wildman–Crippen LogP) is 5.23. The van der Waals surface area contributed by atoms with E-state index in [0.29, 0.717) is 12.5 Å². The van der Waals surface area contributed by atoms with Crippen LogP contribution >= 0.6 is 11.6 Å². The Bertz CT molecular complexity index is 817. The zero-order chi connectivity index (χ0) is 17.6. The first-order chi connectivity index (χ1) is 12.1. The summed E-state index contributed by atoms with van der Waals surface area (Å²) >= 11 is 5.94. The number of aromatic nitrogens is 2. The lowest BCUT2D eigenvalue weighted by molar-refractivity contribution is 0.874. The highest BCUT2D eigenvalue weighted by Crippen LogP contribution is 2.22. The fourth-order valence-electron chi connectivity index (χ4n) is 2.41. The van der Waals surface area contributed by atoms with Crippen molar-refractivity contribution >= 4 is 23.4 Å². The van der Waals surface area contributed by atoms with Crippen LogP contribution in [0.2, 0.25) is 5.02 Å². The van der Waals surface area contributed by atoms with Crippen molar-refractivity contribution in [1.82, 2.24) is 9.97 Å². The third-order valence-corrected chi connectivity index (χ3v) is 3.85. The Hall–Kier alpha value is -2.59. The van der Waals surface area contributed by atoms with Crippen molar-refractivity contribution in [3.05, 3.63) is 71.2 Å². The Labute approximate surface area is 153 Å². The molecular weight excluding hydrogens is 332 g/mol. The number of anilines is 2. The molecule has 0 unspecified atom stereocenters. The molecule has 0 fully saturated rings. The van der Waals surface area contributed by atoms with Crippen molar-refractivity contribution in [1.29, 1.82) is 0 Å². The molecule has 0 spiro atoms. The van der Waals surface area contributed by atoms with Gasteiger partial charge in [-0.2, -0.15) is 4.98 Å². The van der Waals surface area contributed by atoms with Gasteiger partial charge in [0.2, 0.25) is 5.95 Å². The van der Waals surface area contributed by atoms with E-state index < -0.39 is 0 Å². The third-order valence-electron chi connectivity index (χ3n) is 3.60. The van der Waals surface area contributed by atoms with E-state index in [1.165, 1.54) is 0 Å². The topological polar surface area (TPSA) is 49.8 Å². The second-order valence-electron chi connectivity index (χ2n) is 6.11. The van der Waals surface area contributed by atoms with Crippen LogP contribution in [0, 0.1) is 0 Å². The monoisotopic (exact) mass is 352 g/mol. The molecule has 3 aromatic rings. The maximum absolute atomic E-state index is 5.94. The summed E-state index contributed by atoms with van der Waals surface area (Å²) in [5.41, 5.74) is 3.09. The maximum Gasteiger partial charge on any atom is 0.225 e. The van der Waals surface area contributed by atoms with E-state index in [2.05, 4.69) is 34.4 Å². The van der Waals surface area contributed by atoms with Crippen molar-refractivity contribution in [2.24, 2.45) is 0 Å². The molecule has 0 aliphatic carbocycles. The number of halogens is 1. The van der Waals surface area contributed by atoms with Gasteiger partial charge in [0.1, 0.15) is 5.82 Å². The molecule has 2 N–H and O–H groups in total. The molecule has 128 valence electrons. The molecule has 0 saturated carbocycles. The molecule has 0 radical (unpaired) electrons. The van der Waals surface area contributed by atoms with Crippen LogP contribution in [0.4, 0.5) is 11.8 Å². The first-order valence-electron chi connectivity index (χ1n) is 8.29. The largest absolute Gasteiger partial charge is 0.366 e. The highest BCUT2D eigenvalue weighted by atomic mass is 35.5. The normalized spacial score (nSPS) is 10.7. The molecule has 0 amide bonds. The van der Waals surface area contributed by atoms with Gasteiger partial charge < -0.3 is 10.6 Å². The van der Waals surface area contributed by atoms with E-state index in [4.69, 9.17) is 11.6 Å². The SMILES string of the molecule is CC(C)Nc1nc(NCc2ccc(Cl)cc2)cc(-c2ccccc2)n1. The Morgan fingerprint density at radius 2 is 1.68 bits per heavy atom. The average Bonchev–Trinajstić information content (AvgIpc) is 2.61. The predicted molar refractivity (Wildman–Crippen MR) is 105 cm³/mol. The molecule has 25 heavy (non-hydrogen) atoms. The summed E-state index contributed by atoms with van der Waals surface area (Å²) in [5, 5.41) is 7.39. The van der Waals surface area contributed by atoms with Crippen molar-refractivity contribution in [3.8, 4) is 11.3 Å². The molecule has 5 heteroatoms. The summed E-state index contributed by atoms with van der Waals surface area (Å²) in [5.74, 6) is 1.40. The summed E-state index contributed by atoms with van der Waals surface area (Å²) in [6, 6.07) is 20.1. The summed E-state index contributed by atoms with van der Waals surface area (Å²) in [7, 11) is 0. The number of hydrogen-bond acceptors (Lipinski definition) is 4. The smallest absolute Gasteiger partial charge is 0.225 e. The van der Waals surface area contributed by atoms with Crippen molar-refractivity contribution in [2.75, 3.05) is 10.6 Å². The quantitative estimate of drug-likeness (QED) is 0.637. The van der Waals surface area contributed by atoms with E-state index in [1.807, 2.05) is 60.7 Å². The zero-order valence-electron chi connectivity index (χ0n) is 14.3. The number of rotatable bonds is 6. The molecule has 0 saturated heterocycles. The fourth-order valence-corrected chi connectivity index (χ4v) is 2.54. The number of nitrogens with one attached hydrogen (secondary N) is 2. The van der Waals surface area contributed by atoms with Crippen molar-refractivity contribution < 1.29 is 0 Å². The minimum absolute atomic E-state index is 0.259. The molecule has 2 aromatic carbocycles. The minimum atomic E-state index is 0.259. The van der Waals surface area contributed by atoms with Gasteiger partial charge in [0.15, 0.2) is 0 Å². The Balaban J connectivity index is 1.85. The molecule has 0 bridgehead atoms. The highest BCUT2D eigenvalue weighted by molar-refractivity contribution is 6.30. The summed E-state index contributed by atoms with van der Waals surface area (Å²) in [6.45, 7) is 4.81. The standard InChI is InChI=1S/C20H21ClN4/c1-14(2)23-20-24-18(16-6-4-3-5-7-16)12-19(25-20)22-13-15-8-10-17(21)11-9-15/h3-12,14H,13H2,1-2H3,(H2,22,23,24,25). The van der Waals surface area contributed by atoms with E-state index in [1.54, 1.807) is 0 Å². The van der Waals surface area contributed by atoms with Crippen LogP contribution in [0.5, 0.6) is 0 Å². The Kier molecular flexibility index (Phi) is 5.51. The van der Waals surface area contributed by atoms with E-state index in [-0.39, 0.29) is 6.04 Å². The van der Waals surface area contributed by atoms with Gasteiger partial charge in [0, 0.05) is 29.2 Å². The van der Waals surface area contributed by atoms with E-state index >= 15 is 0 Å². The third kappa shape index (κ3) is 4.94. The summed E-state index contributed by atoms with van der Waals surface area (Å²) in [6.07, 6.45) is 0.